The SMILES string of the molecule is Clc1ccc(OCc2nn3c(-c4cc5ccccc5[nH]4)nnc3s2)cc1. The van der Waals surface area contributed by atoms with Gasteiger partial charge in [-0.3, -0.25) is 0 Å². The van der Waals surface area contributed by atoms with Gasteiger partial charge in [-0.25, -0.2) is 0 Å². The number of ether oxygens (including phenoxy) is 1. The van der Waals surface area contributed by atoms with E-state index in [0.717, 1.165) is 32.3 Å². The van der Waals surface area contributed by atoms with Gasteiger partial charge < -0.3 is 9.72 Å². The molecule has 1 N–H and O–H groups in total. The van der Waals surface area contributed by atoms with E-state index < -0.39 is 0 Å². The van der Waals surface area contributed by atoms with Crippen molar-refractivity contribution < 1.29 is 4.74 Å². The Labute approximate surface area is 157 Å². The van der Waals surface area contributed by atoms with Crippen molar-refractivity contribution in [3.05, 3.63) is 64.6 Å². The molecule has 0 spiro atoms. The second kappa shape index (κ2) is 6.12. The van der Waals surface area contributed by atoms with Gasteiger partial charge in [0.25, 0.3) is 0 Å². The van der Waals surface area contributed by atoms with E-state index in [9.17, 15) is 0 Å². The van der Waals surface area contributed by atoms with Crippen LogP contribution in [0.4, 0.5) is 0 Å². The summed E-state index contributed by atoms with van der Waals surface area (Å²) in [7, 11) is 0. The molecule has 2 aromatic carbocycles. The lowest BCUT2D eigenvalue weighted by Gasteiger charge is -2.02. The molecular weight excluding hydrogens is 370 g/mol. The van der Waals surface area contributed by atoms with E-state index in [0.29, 0.717) is 17.5 Å². The minimum absolute atomic E-state index is 0.363. The Morgan fingerprint density at radius 1 is 1.08 bits per heavy atom. The van der Waals surface area contributed by atoms with Gasteiger partial charge in [0, 0.05) is 15.9 Å². The molecule has 8 heteroatoms. The highest BCUT2D eigenvalue weighted by atomic mass is 35.5. The number of para-hydroxylation sites is 1. The molecule has 0 fully saturated rings. The Kier molecular flexibility index (Phi) is 3.62. The van der Waals surface area contributed by atoms with E-state index in [2.05, 4.69) is 32.4 Å². The standard InChI is InChI=1S/C18H12ClN5OS/c19-12-5-7-13(8-6-12)25-10-16-23-24-17(21-22-18(24)26-16)15-9-11-3-1-2-4-14(11)20-15/h1-9,20H,10H2. The van der Waals surface area contributed by atoms with Crippen LogP contribution >= 0.6 is 22.9 Å². The number of aromatic amines is 1. The molecule has 3 heterocycles. The van der Waals surface area contributed by atoms with Gasteiger partial charge >= 0.3 is 0 Å². The van der Waals surface area contributed by atoms with Crippen molar-refractivity contribution in [3.63, 3.8) is 0 Å². The first-order chi connectivity index (χ1) is 12.8. The molecule has 5 rings (SSSR count). The number of H-pyrrole nitrogens is 1. The maximum absolute atomic E-state index is 5.89. The fraction of sp³-hybridized carbons (Fsp3) is 0.0556. The number of hydrogen-bond acceptors (Lipinski definition) is 5. The molecule has 0 amide bonds. The van der Waals surface area contributed by atoms with Crippen LogP contribution in [0.25, 0.3) is 27.4 Å². The average molecular weight is 382 g/mol. The maximum Gasteiger partial charge on any atom is 0.235 e. The fourth-order valence-electron chi connectivity index (χ4n) is 2.75. The number of nitrogens with one attached hydrogen (secondary N) is 1. The van der Waals surface area contributed by atoms with Crippen LogP contribution in [0.5, 0.6) is 5.75 Å². The summed E-state index contributed by atoms with van der Waals surface area (Å²) >= 11 is 7.34. The van der Waals surface area contributed by atoms with Crippen LogP contribution in [-0.4, -0.2) is 24.8 Å². The van der Waals surface area contributed by atoms with Gasteiger partial charge in [-0.15, -0.1) is 10.2 Å². The predicted octanol–water partition coefficient (Wildman–Crippen LogP) is 4.57. The monoisotopic (exact) mass is 381 g/mol. The number of benzene rings is 2. The van der Waals surface area contributed by atoms with Crippen LogP contribution in [0.15, 0.2) is 54.6 Å². The minimum Gasteiger partial charge on any atom is -0.486 e. The first-order valence-corrected chi connectivity index (χ1v) is 9.13. The van der Waals surface area contributed by atoms with Crippen LogP contribution in [0.1, 0.15) is 5.01 Å². The van der Waals surface area contributed by atoms with Crippen molar-refractivity contribution >= 4 is 38.8 Å². The van der Waals surface area contributed by atoms with Crippen molar-refractivity contribution in [3.8, 4) is 17.3 Å². The Morgan fingerprint density at radius 2 is 1.92 bits per heavy atom. The van der Waals surface area contributed by atoms with Gasteiger partial charge in [-0.2, -0.15) is 9.61 Å². The van der Waals surface area contributed by atoms with E-state index >= 15 is 0 Å². The molecule has 128 valence electrons. The van der Waals surface area contributed by atoms with Crippen molar-refractivity contribution in [1.82, 2.24) is 24.8 Å². The van der Waals surface area contributed by atoms with E-state index in [1.54, 1.807) is 16.6 Å². The van der Waals surface area contributed by atoms with Gasteiger partial charge in [0.2, 0.25) is 10.8 Å². The summed E-state index contributed by atoms with van der Waals surface area (Å²) in [6, 6.07) is 17.4. The van der Waals surface area contributed by atoms with E-state index in [1.807, 2.05) is 30.3 Å². The lowest BCUT2D eigenvalue weighted by molar-refractivity contribution is 0.304. The van der Waals surface area contributed by atoms with Crippen LogP contribution in [0.2, 0.25) is 5.02 Å². The number of fused-ring (bicyclic) bond motifs is 2. The average Bonchev–Trinajstić information content (AvgIpc) is 3.34. The molecular formula is C18H12ClN5OS. The summed E-state index contributed by atoms with van der Waals surface area (Å²) in [5.41, 5.74) is 1.94. The molecule has 0 bridgehead atoms. The quantitative estimate of drug-likeness (QED) is 0.495. The topological polar surface area (TPSA) is 68.1 Å². The van der Waals surface area contributed by atoms with E-state index in [-0.39, 0.29) is 0 Å². The Balaban J connectivity index is 1.44. The maximum atomic E-state index is 5.89. The van der Waals surface area contributed by atoms with Crippen molar-refractivity contribution in [2.75, 3.05) is 0 Å². The Bertz CT molecular complexity index is 1170. The highest BCUT2D eigenvalue weighted by Gasteiger charge is 2.15. The summed E-state index contributed by atoms with van der Waals surface area (Å²) in [5.74, 6) is 1.43. The molecule has 0 unspecified atom stereocenters. The van der Waals surface area contributed by atoms with Gasteiger partial charge in [-0.05, 0) is 36.4 Å². The lowest BCUT2D eigenvalue weighted by atomic mass is 10.2. The largest absolute Gasteiger partial charge is 0.486 e. The summed E-state index contributed by atoms with van der Waals surface area (Å²) in [4.78, 5) is 4.09. The molecule has 0 atom stereocenters. The number of hydrogen-bond donors (Lipinski definition) is 1. The van der Waals surface area contributed by atoms with Gasteiger partial charge in [0.1, 0.15) is 12.4 Å². The first kappa shape index (κ1) is 15.4. The Morgan fingerprint density at radius 3 is 2.77 bits per heavy atom. The molecule has 26 heavy (non-hydrogen) atoms. The van der Waals surface area contributed by atoms with E-state index in [4.69, 9.17) is 16.3 Å². The second-order valence-electron chi connectivity index (χ2n) is 5.73. The normalized spacial score (nSPS) is 11.4. The number of aromatic nitrogens is 5. The second-order valence-corrected chi connectivity index (χ2v) is 7.20. The smallest absolute Gasteiger partial charge is 0.235 e. The number of rotatable bonds is 4. The highest BCUT2D eigenvalue weighted by Crippen LogP contribution is 2.25. The highest BCUT2D eigenvalue weighted by molar-refractivity contribution is 7.16. The predicted molar refractivity (Wildman–Crippen MR) is 102 cm³/mol. The molecule has 6 nitrogen and oxygen atoms in total. The van der Waals surface area contributed by atoms with Gasteiger partial charge in [0.05, 0.1) is 5.69 Å². The number of halogens is 1. The van der Waals surface area contributed by atoms with Crippen molar-refractivity contribution in [2.45, 2.75) is 6.61 Å². The van der Waals surface area contributed by atoms with Gasteiger partial charge in [-0.1, -0.05) is 41.1 Å². The molecule has 0 aliphatic rings. The van der Waals surface area contributed by atoms with Crippen LogP contribution in [0.3, 0.4) is 0 Å². The molecule has 3 aromatic heterocycles. The molecule has 0 saturated heterocycles. The fourth-order valence-corrected chi connectivity index (χ4v) is 3.63. The molecule has 0 saturated carbocycles. The zero-order chi connectivity index (χ0) is 17.5. The lowest BCUT2D eigenvalue weighted by Crippen LogP contribution is -1.97. The minimum atomic E-state index is 0.363. The molecule has 5 aromatic rings. The summed E-state index contributed by atoms with van der Waals surface area (Å²) in [6.45, 7) is 0.363. The van der Waals surface area contributed by atoms with Crippen molar-refractivity contribution in [1.29, 1.82) is 0 Å². The zero-order valence-corrected chi connectivity index (χ0v) is 15.0. The Hall–Kier alpha value is -2.90. The molecule has 0 aliphatic carbocycles. The number of nitrogens with zero attached hydrogens (tertiary/aromatic N) is 4. The van der Waals surface area contributed by atoms with Crippen molar-refractivity contribution in [2.24, 2.45) is 0 Å². The third kappa shape index (κ3) is 2.71. The summed E-state index contributed by atoms with van der Waals surface area (Å²) < 4.78 is 7.51. The van der Waals surface area contributed by atoms with Gasteiger partial charge in [0.15, 0.2) is 5.01 Å². The third-order valence-corrected chi connectivity index (χ3v) is 5.10. The third-order valence-electron chi connectivity index (χ3n) is 3.98. The molecule has 0 radical (unpaired) electrons. The first-order valence-electron chi connectivity index (χ1n) is 7.94. The zero-order valence-electron chi connectivity index (χ0n) is 13.4. The van der Waals surface area contributed by atoms with Crippen LogP contribution in [0, 0.1) is 0 Å². The van der Waals surface area contributed by atoms with Crippen LogP contribution < -0.4 is 4.74 Å². The molecule has 0 aliphatic heterocycles. The summed E-state index contributed by atoms with van der Waals surface area (Å²) in [5, 5.41) is 15.7. The summed E-state index contributed by atoms with van der Waals surface area (Å²) in [6.07, 6.45) is 0. The van der Waals surface area contributed by atoms with Crippen LogP contribution in [-0.2, 0) is 6.61 Å². The van der Waals surface area contributed by atoms with E-state index in [1.165, 1.54) is 11.3 Å².